The molecular weight excluding hydrogens is 110 g/mol. The summed E-state index contributed by atoms with van der Waals surface area (Å²) in [7, 11) is 0. The van der Waals surface area contributed by atoms with Crippen molar-refractivity contribution in [1.82, 2.24) is 0 Å². The van der Waals surface area contributed by atoms with Gasteiger partial charge in [-0.1, -0.05) is 0 Å². The molecule has 0 saturated heterocycles. The first-order valence-corrected chi connectivity index (χ1v) is 3.52. The fourth-order valence-electron chi connectivity index (χ4n) is 1.37. The van der Waals surface area contributed by atoms with E-state index in [2.05, 4.69) is 5.92 Å². The Kier molecular flexibility index (Phi) is 2.13. The van der Waals surface area contributed by atoms with Gasteiger partial charge in [0.1, 0.15) is 0 Å². The van der Waals surface area contributed by atoms with E-state index in [4.69, 9.17) is 12.2 Å². The van der Waals surface area contributed by atoms with Gasteiger partial charge in [0.2, 0.25) is 0 Å². The Bertz CT molecular complexity index is 121. The highest BCUT2D eigenvalue weighted by Gasteiger charge is 2.28. The summed E-state index contributed by atoms with van der Waals surface area (Å²) in [6.45, 7) is 0.826. The molecule has 0 heterocycles. The van der Waals surface area contributed by atoms with Crippen molar-refractivity contribution in [2.75, 3.05) is 6.54 Å². The Balaban J connectivity index is 2.21. The van der Waals surface area contributed by atoms with Gasteiger partial charge >= 0.3 is 0 Å². The van der Waals surface area contributed by atoms with Crippen LogP contribution in [-0.4, -0.2) is 6.54 Å². The third kappa shape index (κ3) is 1.25. The van der Waals surface area contributed by atoms with E-state index in [0.717, 1.165) is 24.8 Å². The summed E-state index contributed by atoms with van der Waals surface area (Å²) in [5.74, 6) is 4.17. The van der Waals surface area contributed by atoms with Crippen LogP contribution in [0.15, 0.2) is 0 Å². The molecule has 50 valence electrons. The normalized spacial score (nSPS) is 32.9. The van der Waals surface area contributed by atoms with Gasteiger partial charge in [-0.3, -0.25) is 0 Å². The molecule has 9 heavy (non-hydrogen) atoms. The van der Waals surface area contributed by atoms with Crippen molar-refractivity contribution in [3.8, 4) is 12.3 Å². The molecule has 1 aliphatic carbocycles. The van der Waals surface area contributed by atoms with Gasteiger partial charge in [-0.15, -0.1) is 12.3 Å². The van der Waals surface area contributed by atoms with Crippen molar-refractivity contribution in [1.29, 1.82) is 0 Å². The number of rotatable bonds is 2. The quantitative estimate of drug-likeness (QED) is 0.544. The molecule has 1 nitrogen and oxygen atoms in total. The molecule has 0 aromatic carbocycles. The van der Waals surface area contributed by atoms with Gasteiger partial charge in [0.25, 0.3) is 0 Å². The largest absolute Gasteiger partial charge is 0.330 e. The molecule has 1 rings (SSSR count). The third-order valence-corrected chi connectivity index (χ3v) is 2.26. The SMILES string of the molecule is C#CCC1CCC1CN. The van der Waals surface area contributed by atoms with Crippen LogP contribution >= 0.6 is 0 Å². The summed E-state index contributed by atoms with van der Waals surface area (Å²) in [6.07, 6.45) is 8.69. The number of nitrogens with two attached hydrogens (primary N) is 1. The van der Waals surface area contributed by atoms with Crippen LogP contribution < -0.4 is 5.73 Å². The fraction of sp³-hybridized carbons (Fsp3) is 0.750. The van der Waals surface area contributed by atoms with E-state index in [-0.39, 0.29) is 0 Å². The molecule has 0 spiro atoms. The average Bonchev–Trinajstić information content (AvgIpc) is 1.82. The monoisotopic (exact) mass is 123 g/mol. The lowest BCUT2D eigenvalue weighted by atomic mass is 9.72. The number of hydrogen-bond donors (Lipinski definition) is 1. The molecule has 0 amide bonds. The molecule has 1 aliphatic rings. The topological polar surface area (TPSA) is 26.0 Å². The zero-order valence-electron chi connectivity index (χ0n) is 5.64. The zero-order chi connectivity index (χ0) is 6.69. The van der Waals surface area contributed by atoms with Crippen LogP contribution in [0.1, 0.15) is 19.3 Å². The van der Waals surface area contributed by atoms with Crippen molar-refractivity contribution in [3.63, 3.8) is 0 Å². The Morgan fingerprint density at radius 2 is 2.11 bits per heavy atom. The average molecular weight is 123 g/mol. The van der Waals surface area contributed by atoms with Gasteiger partial charge in [-0.05, 0) is 31.2 Å². The lowest BCUT2D eigenvalue weighted by Crippen LogP contribution is -2.31. The maximum atomic E-state index is 5.49. The van der Waals surface area contributed by atoms with Gasteiger partial charge in [0.15, 0.2) is 0 Å². The summed E-state index contributed by atoms with van der Waals surface area (Å²) in [4.78, 5) is 0. The van der Waals surface area contributed by atoms with E-state index in [1.165, 1.54) is 12.8 Å². The minimum Gasteiger partial charge on any atom is -0.330 e. The van der Waals surface area contributed by atoms with Gasteiger partial charge in [0, 0.05) is 6.42 Å². The zero-order valence-corrected chi connectivity index (χ0v) is 5.64. The molecular formula is C8H13N. The second-order valence-electron chi connectivity index (χ2n) is 2.74. The minimum absolute atomic E-state index is 0.737. The highest BCUT2D eigenvalue weighted by atomic mass is 14.6. The molecule has 0 bridgehead atoms. The van der Waals surface area contributed by atoms with Crippen LogP contribution in [0.5, 0.6) is 0 Å². The van der Waals surface area contributed by atoms with Crippen LogP contribution in [-0.2, 0) is 0 Å². The molecule has 1 fully saturated rings. The Hall–Kier alpha value is -0.480. The van der Waals surface area contributed by atoms with Crippen LogP contribution in [0.2, 0.25) is 0 Å². The van der Waals surface area contributed by atoms with Crippen LogP contribution in [0, 0.1) is 24.2 Å². The van der Waals surface area contributed by atoms with Crippen molar-refractivity contribution in [2.45, 2.75) is 19.3 Å². The van der Waals surface area contributed by atoms with Crippen LogP contribution in [0.25, 0.3) is 0 Å². The fourth-order valence-corrected chi connectivity index (χ4v) is 1.37. The second kappa shape index (κ2) is 2.89. The Labute approximate surface area is 56.6 Å². The molecule has 0 aromatic rings. The molecule has 2 atom stereocenters. The van der Waals surface area contributed by atoms with Gasteiger partial charge in [-0.2, -0.15) is 0 Å². The van der Waals surface area contributed by atoms with Crippen LogP contribution in [0.4, 0.5) is 0 Å². The first kappa shape index (κ1) is 6.64. The van der Waals surface area contributed by atoms with E-state index in [9.17, 15) is 0 Å². The smallest absolute Gasteiger partial charge is 0.0117 e. The minimum atomic E-state index is 0.737. The molecule has 0 radical (unpaired) electrons. The van der Waals surface area contributed by atoms with E-state index in [1.54, 1.807) is 0 Å². The molecule has 1 heteroatoms. The lowest BCUT2D eigenvalue weighted by Gasteiger charge is -2.34. The summed E-state index contributed by atoms with van der Waals surface area (Å²) in [5, 5.41) is 0. The maximum absolute atomic E-state index is 5.49. The molecule has 0 aromatic heterocycles. The van der Waals surface area contributed by atoms with Gasteiger partial charge < -0.3 is 5.73 Å². The first-order chi connectivity index (χ1) is 4.38. The predicted octanol–water partition coefficient (Wildman–Crippen LogP) is 0.995. The van der Waals surface area contributed by atoms with E-state index >= 15 is 0 Å². The third-order valence-electron chi connectivity index (χ3n) is 2.26. The Morgan fingerprint density at radius 1 is 1.44 bits per heavy atom. The van der Waals surface area contributed by atoms with Crippen LogP contribution in [0.3, 0.4) is 0 Å². The highest BCUT2D eigenvalue weighted by Crippen LogP contribution is 2.35. The standard InChI is InChI=1S/C8H13N/c1-2-3-7-4-5-8(7)6-9/h1,7-8H,3-6,9H2. The number of hydrogen-bond acceptors (Lipinski definition) is 1. The summed E-state index contributed by atoms with van der Waals surface area (Å²) < 4.78 is 0. The van der Waals surface area contributed by atoms with Crippen molar-refractivity contribution >= 4 is 0 Å². The van der Waals surface area contributed by atoms with Crippen molar-refractivity contribution in [3.05, 3.63) is 0 Å². The first-order valence-electron chi connectivity index (χ1n) is 3.52. The second-order valence-corrected chi connectivity index (χ2v) is 2.74. The molecule has 2 N–H and O–H groups in total. The van der Waals surface area contributed by atoms with Gasteiger partial charge in [0.05, 0.1) is 0 Å². The summed E-state index contributed by atoms with van der Waals surface area (Å²) in [5.41, 5.74) is 5.49. The van der Waals surface area contributed by atoms with Gasteiger partial charge in [-0.25, -0.2) is 0 Å². The molecule has 1 saturated carbocycles. The maximum Gasteiger partial charge on any atom is 0.0117 e. The van der Waals surface area contributed by atoms with E-state index in [0.29, 0.717) is 0 Å². The predicted molar refractivity (Wildman–Crippen MR) is 38.7 cm³/mol. The van der Waals surface area contributed by atoms with Crippen molar-refractivity contribution < 1.29 is 0 Å². The lowest BCUT2D eigenvalue weighted by molar-refractivity contribution is 0.189. The van der Waals surface area contributed by atoms with E-state index in [1.807, 2.05) is 0 Å². The molecule has 2 unspecified atom stereocenters. The molecule has 0 aliphatic heterocycles. The summed E-state index contributed by atoms with van der Waals surface area (Å²) in [6, 6.07) is 0. The van der Waals surface area contributed by atoms with E-state index < -0.39 is 0 Å². The summed E-state index contributed by atoms with van der Waals surface area (Å²) >= 11 is 0. The number of terminal acetylenes is 1. The highest BCUT2D eigenvalue weighted by molar-refractivity contribution is 4.93. The Morgan fingerprint density at radius 3 is 2.44 bits per heavy atom. The van der Waals surface area contributed by atoms with Crippen molar-refractivity contribution in [2.24, 2.45) is 17.6 Å².